The van der Waals surface area contributed by atoms with Crippen molar-refractivity contribution in [3.63, 3.8) is 0 Å². The van der Waals surface area contributed by atoms with Crippen LogP contribution in [0.3, 0.4) is 0 Å². The molecule has 1 saturated carbocycles. The van der Waals surface area contributed by atoms with Gasteiger partial charge in [0.15, 0.2) is 0 Å². The smallest absolute Gasteiger partial charge is 0.234 e. The molecule has 0 radical (unpaired) electrons. The fourth-order valence-corrected chi connectivity index (χ4v) is 2.77. The molecule has 0 unspecified atom stereocenters. The van der Waals surface area contributed by atoms with Crippen LogP contribution in [-0.4, -0.2) is 29.0 Å². The van der Waals surface area contributed by atoms with Gasteiger partial charge in [-0.1, -0.05) is 12.8 Å². The Morgan fingerprint density at radius 3 is 2.83 bits per heavy atom. The number of halogens is 1. The van der Waals surface area contributed by atoms with Crippen molar-refractivity contribution in [2.24, 2.45) is 5.41 Å². The van der Waals surface area contributed by atoms with Gasteiger partial charge in [0.05, 0.1) is 19.0 Å². The Labute approximate surface area is 113 Å². The number of anilines is 1. The fraction of sp³-hybridized carbons (Fsp3) is 0.692. The summed E-state index contributed by atoms with van der Waals surface area (Å²) in [5.41, 5.74) is 0.227. The third kappa shape index (κ3) is 3.25. The van der Waals surface area contributed by atoms with Gasteiger partial charge < -0.3 is 10.1 Å². The molecule has 1 heterocycles. The average Bonchev–Trinajstić information content (AvgIpc) is 2.87. The van der Waals surface area contributed by atoms with Gasteiger partial charge in [-0.05, 0) is 19.8 Å². The van der Waals surface area contributed by atoms with Crippen LogP contribution < -0.4 is 10.1 Å². The van der Waals surface area contributed by atoms with E-state index in [1.807, 2.05) is 6.92 Å². The first-order valence-electron chi connectivity index (χ1n) is 6.53. The summed E-state index contributed by atoms with van der Waals surface area (Å²) in [6.07, 6.45) is 8.29. The minimum Gasteiger partial charge on any atom is -0.477 e. The Morgan fingerprint density at radius 2 is 2.17 bits per heavy atom. The van der Waals surface area contributed by atoms with Crippen LogP contribution >= 0.6 is 11.6 Å². The fourth-order valence-electron chi connectivity index (χ4n) is 2.41. The van der Waals surface area contributed by atoms with E-state index in [-0.39, 0.29) is 5.41 Å². The maximum atomic E-state index is 6.11. The van der Waals surface area contributed by atoms with E-state index >= 15 is 0 Å². The molecule has 0 aromatic carbocycles. The van der Waals surface area contributed by atoms with Crippen LogP contribution in [0.5, 0.6) is 5.88 Å². The second kappa shape index (κ2) is 6.23. The van der Waals surface area contributed by atoms with E-state index in [4.69, 9.17) is 16.3 Å². The second-order valence-electron chi connectivity index (χ2n) is 4.87. The van der Waals surface area contributed by atoms with Gasteiger partial charge in [-0.25, -0.2) is 0 Å². The molecule has 18 heavy (non-hydrogen) atoms. The number of rotatable bonds is 6. The zero-order valence-electron chi connectivity index (χ0n) is 10.8. The van der Waals surface area contributed by atoms with E-state index in [1.54, 1.807) is 12.4 Å². The maximum absolute atomic E-state index is 6.11. The standard InChI is InChI=1S/C13H20ClN3O/c1-2-18-12-8-15-7-11(17-12)16-10-13(9-14)5-3-4-6-13/h7-8H,2-6,9-10H2,1H3,(H,16,17). The van der Waals surface area contributed by atoms with E-state index in [9.17, 15) is 0 Å². The van der Waals surface area contributed by atoms with Crippen molar-refractivity contribution >= 4 is 17.4 Å². The summed E-state index contributed by atoms with van der Waals surface area (Å²) in [6, 6.07) is 0. The Morgan fingerprint density at radius 1 is 1.39 bits per heavy atom. The molecule has 0 bridgehead atoms. The Bertz CT molecular complexity index is 380. The van der Waals surface area contributed by atoms with Crippen molar-refractivity contribution in [3.8, 4) is 5.88 Å². The Balaban J connectivity index is 1.94. The lowest BCUT2D eigenvalue weighted by Crippen LogP contribution is -2.28. The zero-order chi connectivity index (χ0) is 12.8. The zero-order valence-corrected chi connectivity index (χ0v) is 11.5. The van der Waals surface area contributed by atoms with Gasteiger partial charge in [0, 0.05) is 17.8 Å². The lowest BCUT2D eigenvalue weighted by molar-refractivity contribution is 0.325. The topological polar surface area (TPSA) is 47.0 Å². The summed E-state index contributed by atoms with van der Waals surface area (Å²) < 4.78 is 5.33. The minimum atomic E-state index is 0.227. The lowest BCUT2D eigenvalue weighted by Gasteiger charge is -2.26. The van der Waals surface area contributed by atoms with Crippen LogP contribution in [0.25, 0.3) is 0 Å². The molecular weight excluding hydrogens is 250 g/mol. The van der Waals surface area contributed by atoms with Crippen LogP contribution in [0.15, 0.2) is 12.4 Å². The highest BCUT2D eigenvalue weighted by Crippen LogP contribution is 2.39. The summed E-state index contributed by atoms with van der Waals surface area (Å²) in [5, 5.41) is 3.34. The first kappa shape index (κ1) is 13.4. The average molecular weight is 270 g/mol. The van der Waals surface area contributed by atoms with Crippen molar-refractivity contribution < 1.29 is 4.74 Å². The number of alkyl halides is 1. The lowest BCUT2D eigenvalue weighted by atomic mass is 9.88. The molecule has 1 aliphatic carbocycles. The van der Waals surface area contributed by atoms with Crippen LogP contribution in [-0.2, 0) is 0 Å². The van der Waals surface area contributed by atoms with Gasteiger partial charge in [-0.2, -0.15) is 4.98 Å². The number of nitrogens with zero attached hydrogens (tertiary/aromatic N) is 2. The van der Waals surface area contributed by atoms with Crippen molar-refractivity contribution in [1.82, 2.24) is 9.97 Å². The number of aromatic nitrogens is 2. The summed E-state index contributed by atoms with van der Waals surface area (Å²) in [4.78, 5) is 8.46. The second-order valence-corrected chi connectivity index (χ2v) is 5.14. The van der Waals surface area contributed by atoms with Crippen LogP contribution in [0.4, 0.5) is 5.82 Å². The van der Waals surface area contributed by atoms with Gasteiger partial charge in [0.2, 0.25) is 5.88 Å². The van der Waals surface area contributed by atoms with Crippen molar-refractivity contribution in [2.45, 2.75) is 32.6 Å². The molecule has 1 N–H and O–H groups in total. The SMILES string of the molecule is CCOc1cncc(NCC2(CCl)CCCC2)n1. The Hall–Kier alpha value is -1.03. The molecule has 1 aliphatic rings. The van der Waals surface area contributed by atoms with Crippen LogP contribution in [0.1, 0.15) is 32.6 Å². The quantitative estimate of drug-likeness (QED) is 0.806. The summed E-state index contributed by atoms with van der Waals surface area (Å²) in [5.74, 6) is 2.03. The van der Waals surface area contributed by atoms with Crippen LogP contribution in [0.2, 0.25) is 0 Å². The minimum absolute atomic E-state index is 0.227. The molecular formula is C13H20ClN3O. The summed E-state index contributed by atoms with van der Waals surface area (Å²) in [7, 11) is 0. The molecule has 1 aromatic heterocycles. The van der Waals surface area contributed by atoms with Gasteiger partial charge in [-0.3, -0.25) is 4.98 Å². The van der Waals surface area contributed by atoms with Crippen molar-refractivity contribution in [1.29, 1.82) is 0 Å². The molecule has 0 spiro atoms. The molecule has 1 fully saturated rings. The molecule has 0 aliphatic heterocycles. The molecule has 4 nitrogen and oxygen atoms in total. The third-order valence-electron chi connectivity index (χ3n) is 3.50. The van der Waals surface area contributed by atoms with E-state index in [0.29, 0.717) is 18.4 Å². The molecule has 100 valence electrons. The first-order valence-corrected chi connectivity index (χ1v) is 7.06. The van der Waals surface area contributed by atoms with E-state index in [1.165, 1.54) is 25.7 Å². The van der Waals surface area contributed by atoms with E-state index < -0.39 is 0 Å². The van der Waals surface area contributed by atoms with Crippen molar-refractivity contribution in [3.05, 3.63) is 12.4 Å². The predicted octanol–water partition coefficient (Wildman–Crippen LogP) is 3.09. The number of hydrogen-bond acceptors (Lipinski definition) is 4. The molecule has 5 heteroatoms. The molecule has 0 atom stereocenters. The third-order valence-corrected chi connectivity index (χ3v) is 4.06. The highest BCUT2D eigenvalue weighted by Gasteiger charge is 2.32. The normalized spacial score (nSPS) is 17.7. The van der Waals surface area contributed by atoms with Gasteiger partial charge in [0.25, 0.3) is 0 Å². The van der Waals surface area contributed by atoms with Crippen molar-refractivity contribution in [2.75, 3.05) is 24.3 Å². The van der Waals surface area contributed by atoms with E-state index in [0.717, 1.165) is 12.4 Å². The van der Waals surface area contributed by atoms with Gasteiger partial charge >= 0.3 is 0 Å². The number of ether oxygens (including phenoxy) is 1. The highest BCUT2D eigenvalue weighted by molar-refractivity contribution is 6.18. The monoisotopic (exact) mass is 269 g/mol. The Kier molecular flexibility index (Phi) is 4.64. The van der Waals surface area contributed by atoms with E-state index in [2.05, 4.69) is 15.3 Å². The van der Waals surface area contributed by atoms with Gasteiger partial charge in [-0.15, -0.1) is 11.6 Å². The predicted molar refractivity (Wildman–Crippen MR) is 73.3 cm³/mol. The molecule has 2 rings (SSSR count). The number of hydrogen-bond donors (Lipinski definition) is 1. The van der Waals surface area contributed by atoms with Crippen LogP contribution in [0, 0.1) is 5.41 Å². The molecule has 0 amide bonds. The largest absolute Gasteiger partial charge is 0.477 e. The summed E-state index contributed by atoms with van der Waals surface area (Å²) >= 11 is 6.11. The maximum Gasteiger partial charge on any atom is 0.234 e. The molecule has 1 aromatic rings. The highest BCUT2D eigenvalue weighted by atomic mass is 35.5. The van der Waals surface area contributed by atoms with Gasteiger partial charge in [0.1, 0.15) is 5.82 Å². The number of nitrogens with one attached hydrogen (secondary N) is 1. The summed E-state index contributed by atoms with van der Waals surface area (Å²) in [6.45, 7) is 3.40. The molecule has 0 saturated heterocycles. The first-order chi connectivity index (χ1) is 8.78.